The minimum atomic E-state index is -3.76. The molecule has 1 amide bonds. The molecule has 0 radical (unpaired) electrons. The third-order valence-electron chi connectivity index (χ3n) is 8.02. The predicted octanol–water partition coefficient (Wildman–Crippen LogP) is 5.11. The molecule has 7 nitrogen and oxygen atoms in total. The van der Waals surface area contributed by atoms with Crippen molar-refractivity contribution in [2.45, 2.75) is 42.5 Å². The zero-order valence-electron chi connectivity index (χ0n) is 21.2. The Morgan fingerprint density at radius 2 is 1.47 bits per heavy atom. The summed E-state index contributed by atoms with van der Waals surface area (Å²) >= 11 is 0. The summed E-state index contributed by atoms with van der Waals surface area (Å²) in [6.45, 7) is 1.51. The average Bonchev–Trinajstić information content (AvgIpc) is 3.42. The van der Waals surface area contributed by atoms with Crippen LogP contribution in [0.3, 0.4) is 0 Å². The molecule has 196 valence electrons. The lowest BCUT2D eigenvalue weighted by Crippen LogP contribution is -2.49. The van der Waals surface area contributed by atoms with Gasteiger partial charge in [0.15, 0.2) is 0 Å². The van der Waals surface area contributed by atoms with Gasteiger partial charge in [0, 0.05) is 25.6 Å². The number of carbonyl (C=O) groups excluding carboxylic acids is 1. The first-order valence-electron chi connectivity index (χ1n) is 13.4. The summed E-state index contributed by atoms with van der Waals surface area (Å²) in [5.41, 5.74) is 2.97. The summed E-state index contributed by atoms with van der Waals surface area (Å²) in [6, 6.07) is 26.1. The fourth-order valence-electron chi connectivity index (χ4n) is 5.94. The molecule has 1 aromatic heterocycles. The molecule has 0 bridgehead atoms. The first kappa shape index (κ1) is 24.8. The van der Waals surface area contributed by atoms with E-state index >= 15 is 0 Å². The second-order valence-electron chi connectivity index (χ2n) is 10.3. The van der Waals surface area contributed by atoms with Crippen LogP contribution in [-0.2, 0) is 14.8 Å². The lowest BCUT2D eigenvalue weighted by molar-refractivity contribution is -0.138. The van der Waals surface area contributed by atoms with E-state index in [1.165, 1.54) is 0 Å². The van der Waals surface area contributed by atoms with E-state index in [1.54, 1.807) is 28.6 Å². The molecule has 3 heterocycles. The number of para-hydroxylation sites is 2. The monoisotopic (exact) mass is 528 g/mol. The smallest absolute Gasteiger partial charge is 0.243 e. The van der Waals surface area contributed by atoms with E-state index < -0.39 is 10.0 Å². The van der Waals surface area contributed by atoms with E-state index in [0.717, 1.165) is 35.3 Å². The van der Waals surface area contributed by atoms with Crippen LogP contribution in [0.2, 0.25) is 0 Å². The molecule has 1 N–H and O–H groups in total. The Labute approximate surface area is 223 Å². The van der Waals surface area contributed by atoms with Gasteiger partial charge < -0.3 is 9.88 Å². The Morgan fingerprint density at radius 1 is 0.816 bits per heavy atom. The van der Waals surface area contributed by atoms with Crippen LogP contribution in [0.1, 0.15) is 49.0 Å². The largest absolute Gasteiger partial charge is 0.342 e. The van der Waals surface area contributed by atoms with Crippen LogP contribution in [-0.4, -0.2) is 53.1 Å². The molecule has 6 rings (SSSR count). The molecular formula is C30H32N4O3S. The van der Waals surface area contributed by atoms with E-state index in [9.17, 15) is 13.2 Å². The number of H-pyrrole nitrogens is 1. The highest BCUT2D eigenvalue weighted by atomic mass is 32.2. The number of sulfonamides is 1. The minimum absolute atomic E-state index is 0.0628. The first-order valence-corrected chi connectivity index (χ1v) is 14.8. The van der Waals surface area contributed by atoms with E-state index in [2.05, 4.69) is 4.98 Å². The summed E-state index contributed by atoms with van der Waals surface area (Å²) in [5, 5.41) is 0. The number of rotatable bonds is 5. The summed E-state index contributed by atoms with van der Waals surface area (Å²) in [6.07, 6.45) is 2.97. The van der Waals surface area contributed by atoms with Crippen molar-refractivity contribution in [1.29, 1.82) is 0 Å². The van der Waals surface area contributed by atoms with Gasteiger partial charge in [-0.25, -0.2) is 13.4 Å². The summed E-state index contributed by atoms with van der Waals surface area (Å²) in [4.78, 5) is 24.1. The van der Waals surface area contributed by atoms with Gasteiger partial charge in [0.2, 0.25) is 15.9 Å². The standard InChI is InChI=1S/C30H32N4O3S/c35-30(33-19-17-23(18-20-33)29-31-26-13-7-8-14-27(26)32-29)24-15-16-28(22-9-3-1-4-10-22)34(21-24)38(36,37)25-11-5-2-6-12-25/h1-14,23-24,28H,15-21H2,(H,31,32). The first-order chi connectivity index (χ1) is 18.5. The molecule has 2 saturated heterocycles. The molecule has 4 aromatic rings. The Bertz CT molecular complexity index is 1480. The number of nitrogens with zero attached hydrogens (tertiary/aromatic N) is 3. The van der Waals surface area contributed by atoms with Crippen molar-refractivity contribution in [2.24, 2.45) is 5.92 Å². The van der Waals surface area contributed by atoms with Gasteiger partial charge >= 0.3 is 0 Å². The number of aromatic nitrogens is 2. The summed E-state index contributed by atoms with van der Waals surface area (Å²) in [7, 11) is -3.76. The number of likely N-dealkylation sites (tertiary alicyclic amines) is 1. The van der Waals surface area contributed by atoms with Crippen molar-refractivity contribution in [3.63, 3.8) is 0 Å². The van der Waals surface area contributed by atoms with Gasteiger partial charge in [-0.1, -0.05) is 60.7 Å². The number of hydrogen-bond donors (Lipinski definition) is 1. The number of amides is 1. The minimum Gasteiger partial charge on any atom is -0.342 e. The molecule has 2 atom stereocenters. The SMILES string of the molecule is O=C(C1CCC(c2ccccc2)N(S(=O)(=O)c2ccccc2)C1)N1CCC(c2nc3ccccc3[nH]2)CC1. The number of imidazole rings is 1. The molecular weight excluding hydrogens is 496 g/mol. The molecule has 8 heteroatoms. The molecule has 3 aromatic carbocycles. The van der Waals surface area contributed by atoms with Gasteiger partial charge in [-0.3, -0.25) is 4.79 Å². The van der Waals surface area contributed by atoms with Crippen LogP contribution < -0.4 is 0 Å². The number of piperidine rings is 2. The van der Waals surface area contributed by atoms with Gasteiger partial charge in [-0.05, 0) is 55.5 Å². The number of nitrogens with one attached hydrogen (secondary N) is 1. The van der Waals surface area contributed by atoms with Crippen LogP contribution >= 0.6 is 0 Å². The van der Waals surface area contributed by atoms with E-state index in [4.69, 9.17) is 4.98 Å². The third-order valence-corrected chi connectivity index (χ3v) is 9.91. The average molecular weight is 529 g/mol. The highest BCUT2D eigenvalue weighted by Crippen LogP contribution is 2.38. The Hall–Kier alpha value is -3.49. The maximum Gasteiger partial charge on any atom is 0.243 e. The Morgan fingerprint density at radius 3 is 2.18 bits per heavy atom. The van der Waals surface area contributed by atoms with Gasteiger partial charge in [-0.2, -0.15) is 4.31 Å². The molecule has 38 heavy (non-hydrogen) atoms. The highest BCUT2D eigenvalue weighted by molar-refractivity contribution is 7.89. The molecule has 0 spiro atoms. The fraction of sp³-hybridized carbons (Fsp3) is 0.333. The van der Waals surface area contributed by atoms with Crippen molar-refractivity contribution in [2.75, 3.05) is 19.6 Å². The maximum absolute atomic E-state index is 13.8. The van der Waals surface area contributed by atoms with Crippen molar-refractivity contribution < 1.29 is 13.2 Å². The number of carbonyl (C=O) groups is 1. The fourth-order valence-corrected chi connectivity index (χ4v) is 7.65. The van der Waals surface area contributed by atoms with E-state index in [-0.39, 0.29) is 35.2 Å². The van der Waals surface area contributed by atoms with Crippen LogP contribution in [0.4, 0.5) is 0 Å². The zero-order valence-corrected chi connectivity index (χ0v) is 22.1. The number of benzene rings is 3. The van der Waals surface area contributed by atoms with E-state index in [0.29, 0.717) is 25.9 Å². The van der Waals surface area contributed by atoms with Crippen LogP contribution in [0.5, 0.6) is 0 Å². The van der Waals surface area contributed by atoms with Gasteiger partial charge in [0.25, 0.3) is 0 Å². The molecule has 0 saturated carbocycles. The Balaban J connectivity index is 1.18. The van der Waals surface area contributed by atoms with Crippen LogP contribution in [0, 0.1) is 5.92 Å². The normalized spacial score (nSPS) is 21.5. The third kappa shape index (κ3) is 4.74. The van der Waals surface area contributed by atoms with Crippen LogP contribution in [0.15, 0.2) is 89.8 Å². The van der Waals surface area contributed by atoms with Gasteiger partial charge in [0.1, 0.15) is 5.82 Å². The second-order valence-corrected chi connectivity index (χ2v) is 12.2. The van der Waals surface area contributed by atoms with Gasteiger partial charge in [0.05, 0.1) is 27.9 Å². The molecule has 2 fully saturated rings. The van der Waals surface area contributed by atoms with Crippen molar-refractivity contribution in [3.05, 3.63) is 96.3 Å². The van der Waals surface area contributed by atoms with Crippen molar-refractivity contribution >= 4 is 27.0 Å². The summed E-state index contributed by atoms with van der Waals surface area (Å²) in [5.74, 6) is 0.987. The zero-order chi connectivity index (χ0) is 26.1. The topological polar surface area (TPSA) is 86.4 Å². The molecule has 2 aliphatic rings. The quantitative estimate of drug-likeness (QED) is 0.390. The number of hydrogen-bond acceptors (Lipinski definition) is 4. The molecule has 2 aliphatic heterocycles. The van der Waals surface area contributed by atoms with Crippen LogP contribution in [0.25, 0.3) is 11.0 Å². The second kappa shape index (κ2) is 10.3. The number of fused-ring (bicyclic) bond motifs is 1. The lowest BCUT2D eigenvalue weighted by Gasteiger charge is -2.41. The predicted molar refractivity (Wildman–Crippen MR) is 147 cm³/mol. The molecule has 2 unspecified atom stereocenters. The summed E-state index contributed by atoms with van der Waals surface area (Å²) < 4.78 is 29.1. The lowest BCUT2D eigenvalue weighted by atomic mass is 9.89. The highest BCUT2D eigenvalue weighted by Gasteiger charge is 2.41. The van der Waals surface area contributed by atoms with Crippen molar-refractivity contribution in [1.82, 2.24) is 19.2 Å². The maximum atomic E-state index is 13.8. The van der Waals surface area contributed by atoms with Crippen molar-refractivity contribution in [3.8, 4) is 0 Å². The Kier molecular flexibility index (Phi) is 6.76. The van der Waals surface area contributed by atoms with E-state index in [1.807, 2.05) is 65.6 Å². The molecule has 0 aliphatic carbocycles. The number of aromatic amines is 1. The van der Waals surface area contributed by atoms with Gasteiger partial charge in [-0.15, -0.1) is 0 Å².